The van der Waals surface area contributed by atoms with Crippen LogP contribution in [0.1, 0.15) is 31.3 Å². The molecule has 1 fully saturated rings. The van der Waals surface area contributed by atoms with E-state index in [2.05, 4.69) is 25.1 Å². The third-order valence-corrected chi connectivity index (χ3v) is 4.15. The molecule has 3 rings (SSSR count). The standard InChI is InChI=1S/C19H24FN5O/c1-19(2,3)23-18(26)16-12-22-17(13-21-16)25-10-8-24(9-11-25)15-6-4-14(20)5-7-15/h4-7,12-13H,8-11H2,1-3H3,(H,23,26). The van der Waals surface area contributed by atoms with Gasteiger partial charge in [-0.3, -0.25) is 4.79 Å². The molecule has 0 atom stereocenters. The number of nitrogens with one attached hydrogen (secondary N) is 1. The van der Waals surface area contributed by atoms with Crippen LogP contribution in [0.2, 0.25) is 0 Å². The summed E-state index contributed by atoms with van der Waals surface area (Å²) in [5.41, 5.74) is 1.02. The molecular formula is C19H24FN5O. The first-order valence-electron chi connectivity index (χ1n) is 8.72. The second-order valence-corrected chi connectivity index (χ2v) is 7.41. The lowest BCUT2D eigenvalue weighted by Crippen LogP contribution is -2.47. The molecule has 0 radical (unpaired) electrons. The van der Waals surface area contributed by atoms with Crippen LogP contribution >= 0.6 is 0 Å². The fraction of sp³-hybridized carbons (Fsp3) is 0.421. The van der Waals surface area contributed by atoms with Crippen LogP contribution in [-0.2, 0) is 0 Å². The quantitative estimate of drug-likeness (QED) is 0.914. The summed E-state index contributed by atoms with van der Waals surface area (Å²) in [7, 11) is 0. The van der Waals surface area contributed by atoms with Crippen molar-refractivity contribution in [3.05, 3.63) is 48.2 Å². The maximum Gasteiger partial charge on any atom is 0.271 e. The van der Waals surface area contributed by atoms with E-state index in [1.54, 1.807) is 18.3 Å². The van der Waals surface area contributed by atoms with Gasteiger partial charge in [-0.2, -0.15) is 0 Å². The van der Waals surface area contributed by atoms with Gasteiger partial charge in [0, 0.05) is 37.4 Å². The van der Waals surface area contributed by atoms with E-state index in [4.69, 9.17) is 0 Å². The highest BCUT2D eigenvalue weighted by Crippen LogP contribution is 2.19. The fourth-order valence-electron chi connectivity index (χ4n) is 2.85. The number of benzene rings is 1. The molecule has 7 heteroatoms. The van der Waals surface area contributed by atoms with Gasteiger partial charge >= 0.3 is 0 Å². The first-order chi connectivity index (χ1) is 12.3. The molecule has 1 aromatic carbocycles. The lowest BCUT2D eigenvalue weighted by molar-refractivity contribution is 0.0914. The van der Waals surface area contributed by atoms with Gasteiger partial charge in [0.2, 0.25) is 0 Å². The summed E-state index contributed by atoms with van der Waals surface area (Å²) in [4.78, 5) is 25.1. The molecule has 6 nitrogen and oxygen atoms in total. The van der Waals surface area contributed by atoms with Crippen LogP contribution in [0.25, 0.3) is 0 Å². The highest BCUT2D eigenvalue weighted by molar-refractivity contribution is 5.92. The third kappa shape index (κ3) is 4.47. The number of piperazine rings is 1. The molecule has 138 valence electrons. The Kier molecular flexibility index (Phi) is 5.06. The number of carbonyl (C=O) groups excluding carboxylic acids is 1. The summed E-state index contributed by atoms with van der Waals surface area (Å²) in [5, 5.41) is 2.87. The van der Waals surface area contributed by atoms with Gasteiger partial charge in [-0.25, -0.2) is 14.4 Å². The Morgan fingerprint density at radius 1 is 1.00 bits per heavy atom. The van der Waals surface area contributed by atoms with Crippen molar-refractivity contribution in [2.45, 2.75) is 26.3 Å². The average Bonchev–Trinajstić information content (AvgIpc) is 2.61. The molecule has 1 aliphatic rings. The summed E-state index contributed by atoms with van der Waals surface area (Å²) < 4.78 is 13.0. The molecule has 2 heterocycles. The van der Waals surface area contributed by atoms with Crippen LogP contribution in [0.5, 0.6) is 0 Å². The molecule has 0 saturated carbocycles. The zero-order valence-corrected chi connectivity index (χ0v) is 15.4. The van der Waals surface area contributed by atoms with E-state index >= 15 is 0 Å². The molecule has 2 aromatic rings. The normalized spacial score (nSPS) is 15.1. The lowest BCUT2D eigenvalue weighted by Gasteiger charge is -2.36. The van der Waals surface area contributed by atoms with Gasteiger partial charge in [0.15, 0.2) is 0 Å². The summed E-state index contributed by atoms with van der Waals surface area (Å²) >= 11 is 0. The van der Waals surface area contributed by atoms with Gasteiger partial charge in [-0.05, 0) is 45.0 Å². The maximum absolute atomic E-state index is 13.0. The molecule has 1 aromatic heterocycles. The molecule has 1 amide bonds. The monoisotopic (exact) mass is 357 g/mol. The van der Waals surface area contributed by atoms with Crippen LogP contribution in [0.15, 0.2) is 36.7 Å². The topological polar surface area (TPSA) is 61.4 Å². The van der Waals surface area contributed by atoms with Crippen molar-refractivity contribution in [2.24, 2.45) is 0 Å². The second kappa shape index (κ2) is 7.27. The minimum atomic E-state index is -0.311. The minimum Gasteiger partial charge on any atom is -0.368 e. The van der Waals surface area contributed by atoms with E-state index in [-0.39, 0.29) is 17.3 Å². The Hall–Kier alpha value is -2.70. The molecule has 0 bridgehead atoms. The molecule has 26 heavy (non-hydrogen) atoms. The van der Waals surface area contributed by atoms with Crippen molar-refractivity contribution >= 4 is 17.4 Å². The van der Waals surface area contributed by atoms with Crippen molar-refractivity contribution < 1.29 is 9.18 Å². The number of amides is 1. The largest absolute Gasteiger partial charge is 0.368 e. The van der Waals surface area contributed by atoms with E-state index in [9.17, 15) is 9.18 Å². The zero-order valence-electron chi connectivity index (χ0n) is 15.4. The van der Waals surface area contributed by atoms with Crippen molar-refractivity contribution in [1.29, 1.82) is 0 Å². The highest BCUT2D eigenvalue weighted by atomic mass is 19.1. The minimum absolute atomic E-state index is 0.224. The second-order valence-electron chi connectivity index (χ2n) is 7.41. The van der Waals surface area contributed by atoms with Crippen LogP contribution in [0.3, 0.4) is 0 Å². The Morgan fingerprint density at radius 2 is 1.62 bits per heavy atom. The van der Waals surface area contributed by atoms with Crippen LogP contribution in [0.4, 0.5) is 15.9 Å². The Labute approximate surface area is 153 Å². The molecule has 1 N–H and O–H groups in total. The maximum atomic E-state index is 13.0. The van der Waals surface area contributed by atoms with Crippen molar-refractivity contribution in [2.75, 3.05) is 36.0 Å². The number of carbonyl (C=O) groups is 1. The number of aromatic nitrogens is 2. The molecule has 0 unspecified atom stereocenters. The first-order valence-corrected chi connectivity index (χ1v) is 8.72. The van der Waals surface area contributed by atoms with E-state index < -0.39 is 0 Å². The van der Waals surface area contributed by atoms with Crippen molar-refractivity contribution in [3.63, 3.8) is 0 Å². The smallest absolute Gasteiger partial charge is 0.271 e. The van der Waals surface area contributed by atoms with Gasteiger partial charge in [0.05, 0.1) is 12.4 Å². The van der Waals surface area contributed by atoms with Gasteiger partial charge in [0.25, 0.3) is 5.91 Å². The Morgan fingerprint density at radius 3 is 2.15 bits per heavy atom. The predicted molar refractivity (Wildman–Crippen MR) is 100 cm³/mol. The number of halogens is 1. The number of anilines is 2. The van der Waals surface area contributed by atoms with Crippen LogP contribution < -0.4 is 15.1 Å². The van der Waals surface area contributed by atoms with Gasteiger partial charge in [0.1, 0.15) is 17.3 Å². The average molecular weight is 357 g/mol. The summed E-state index contributed by atoms with van der Waals surface area (Å²) in [5.74, 6) is 0.312. The molecule has 1 aliphatic heterocycles. The zero-order chi connectivity index (χ0) is 18.7. The summed E-state index contributed by atoms with van der Waals surface area (Å²) in [6.07, 6.45) is 3.16. The van der Waals surface area contributed by atoms with Crippen LogP contribution in [-0.4, -0.2) is 47.6 Å². The number of hydrogen-bond acceptors (Lipinski definition) is 5. The first kappa shape index (κ1) is 18.1. The molecular weight excluding hydrogens is 333 g/mol. The SMILES string of the molecule is CC(C)(C)NC(=O)c1cnc(N2CCN(c3ccc(F)cc3)CC2)cn1. The highest BCUT2D eigenvalue weighted by Gasteiger charge is 2.20. The van der Waals surface area contributed by atoms with E-state index in [0.29, 0.717) is 5.69 Å². The number of nitrogens with zero attached hydrogens (tertiary/aromatic N) is 4. The van der Waals surface area contributed by atoms with Crippen LogP contribution in [0, 0.1) is 5.82 Å². The number of rotatable bonds is 3. The van der Waals surface area contributed by atoms with E-state index in [1.165, 1.54) is 18.3 Å². The number of hydrogen-bond donors (Lipinski definition) is 1. The summed E-state index contributed by atoms with van der Waals surface area (Å²) in [6, 6.07) is 6.56. The van der Waals surface area contributed by atoms with E-state index in [0.717, 1.165) is 37.7 Å². The van der Waals surface area contributed by atoms with Gasteiger partial charge < -0.3 is 15.1 Å². The van der Waals surface area contributed by atoms with Gasteiger partial charge in [-0.1, -0.05) is 0 Å². The van der Waals surface area contributed by atoms with Gasteiger partial charge in [-0.15, -0.1) is 0 Å². The lowest BCUT2D eigenvalue weighted by atomic mass is 10.1. The van der Waals surface area contributed by atoms with Crippen molar-refractivity contribution in [1.82, 2.24) is 15.3 Å². The van der Waals surface area contributed by atoms with E-state index in [1.807, 2.05) is 20.8 Å². The molecule has 0 aliphatic carbocycles. The predicted octanol–water partition coefficient (Wildman–Crippen LogP) is 2.47. The third-order valence-electron chi connectivity index (χ3n) is 4.15. The molecule has 1 saturated heterocycles. The Balaban J connectivity index is 1.59. The summed E-state index contributed by atoms with van der Waals surface area (Å²) in [6.45, 7) is 8.99. The molecule has 0 spiro atoms. The fourth-order valence-corrected chi connectivity index (χ4v) is 2.85. The van der Waals surface area contributed by atoms with Crippen molar-refractivity contribution in [3.8, 4) is 0 Å². The Bertz CT molecular complexity index is 747.